The lowest BCUT2D eigenvalue weighted by atomic mass is 9.83. The molecule has 8 heteroatoms. The number of hydrogen-bond donors (Lipinski definition) is 2. The summed E-state index contributed by atoms with van der Waals surface area (Å²) < 4.78 is 11.2. The second-order valence-electron chi connectivity index (χ2n) is 8.77. The maximum absolute atomic E-state index is 12.5. The Kier molecular flexibility index (Phi) is 10.4. The van der Waals surface area contributed by atoms with Gasteiger partial charge in [-0.05, 0) is 25.3 Å². The molecule has 180 valence electrons. The molecule has 2 unspecified atom stereocenters. The molecular weight excluding hydrogens is 453 g/mol. The summed E-state index contributed by atoms with van der Waals surface area (Å²) in [4.78, 5) is 24.4. The van der Waals surface area contributed by atoms with Crippen LogP contribution in [-0.2, 0) is 19.1 Å². The van der Waals surface area contributed by atoms with Crippen molar-refractivity contribution in [2.24, 2.45) is 5.92 Å². The van der Waals surface area contributed by atoms with Gasteiger partial charge in [-0.1, -0.05) is 68.9 Å². The second-order valence-corrected chi connectivity index (χ2v) is 9.65. The number of amides is 1. The minimum Gasteiger partial charge on any atom is -0.388 e. The summed E-state index contributed by atoms with van der Waals surface area (Å²) in [7, 11) is 1.44. The highest BCUT2D eigenvalue weighted by atomic mass is 35.5. The molecule has 2 rings (SSSR count). The summed E-state index contributed by atoms with van der Waals surface area (Å²) in [6, 6.07) is -0.550. The van der Waals surface area contributed by atoms with E-state index in [1.54, 1.807) is 6.08 Å². The highest BCUT2D eigenvalue weighted by Gasteiger charge is 2.56. The first-order valence-corrected chi connectivity index (χ1v) is 12.1. The Hall–Kier alpha value is -1.18. The Morgan fingerprint density at radius 1 is 1.41 bits per heavy atom. The number of methoxy groups -OCH3 is 1. The Balaban J connectivity index is 1.97. The molecule has 1 heterocycles. The van der Waals surface area contributed by atoms with Gasteiger partial charge < -0.3 is 19.9 Å². The first-order valence-electron chi connectivity index (χ1n) is 11.3. The highest BCUT2D eigenvalue weighted by molar-refractivity contribution is 6.49. The van der Waals surface area contributed by atoms with E-state index < -0.39 is 35.2 Å². The number of aliphatic hydroxyl groups excluding tert-OH is 1. The Labute approximate surface area is 201 Å². The molecule has 0 aromatic heterocycles. The average Bonchev–Trinajstić information content (AvgIpc) is 3.10. The van der Waals surface area contributed by atoms with Crippen LogP contribution in [0.1, 0.15) is 59.3 Å². The van der Waals surface area contributed by atoms with Gasteiger partial charge in [-0.25, -0.2) is 0 Å². The number of Topliss-reactive ketones (excluding diaryl/α,β-unsaturated/α-hetero) is 1. The molecule has 0 aromatic carbocycles. The number of carbonyl (C=O) groups excluding carboxylic acids is 2. The molecule has 0 bridgehead atoms. The number of halogens is 2. The van der Waals surface area contributed by atoms with Crippen LogP contribution in [0.5, 0.6) is 0 Å². The number of unbranched alkanes of at least 4 members (excludes halogenated alkanes) is 3. The van der Waals surface area contributed by atoms with Gasteiger partial charge in [0.25, 0.3) is 0 Å². The number of carbonyl (C=O) groups is 2. The molecule has 0 aromatic rings. The topological polar surface area (TPSA) is 84.9 Å². The van der Waals surface area contributed by atoms with Crippen molar-refractivity contribution in [2.45, 2.75) is 88.7 Å². The van der Waals surface area contributed by atoms with Gasteiger partial charge in [-0.15, -0.1) is 11.6 Å². The first kappa shape index (κ1) is 27.1. The van der Waals surface area contributed by atoms with E-state index in [1.807, 2.05) is 6.92 Å². The van der Waals surface area contributed by atoms with E-state index in [0.29, 0.717) is 5.92 Å². The molecule has 1 amide bonds. The van der Waals surface area contributed by atoms with Gasteiger partial charge in [0, 0.05) is 19.6 Å². The third-order valence-electron chi connectivity index (χ3n) is 5.96. The summed E-state index contributed by atoms with van der Waals surface area (Å²) in [5.74, 6) is -0.405. The van der Waals surface area contributed by atoms with Gasteiger partial charge in [0.2, 0.25) is 5.91 Å². The van der Waals surface area contributed by atoms with Crippen molar-refractivity contribution >= 4 is 34.9 Å². The van der Waals surface area contributed by atoms with Crippen LogP contribution in [0.15, 0.2) is 34.9 Å². The summed E-state index contributed by atoms with van der Waals surface area (Å²) in [5.41, 5.74) is -0.283. The highest BCUT2D eigenvalue weighted by Crippen LogP contribution is 2.42. The minimum absolute atomic E-state index is 0.0957. The predicted molar refractivity (Wildman–Crippen MR) is 127 cm³/mol. The third-order valence-corrected chi connectivity index (χ3v) is 6.69. The molecule has 2 aliphatic rings. The lowest BCUT2D eigenvalue weighted by Gasteiger charge is -2.36. The van der Waals surface area contributed by atoms with Crippen LogP contribution in [0.25, 0.3) is 0 Å². The molecule has 1 saturated heterocycles. The van der Waals surface area contributed by atoms with Gasteiger partial charge in [0.05, 0.1) is 11.1 Å². The number of ketones is 1. The van der Waals surface area contributed by atoms with Crippen LogP contribution in [0.4, 0.5) is 0 Å². The molecule has 6 atom stereocenters. The quantitative estimate of drug-likeness (QED) is 0.206. The second kappa shape index (κ2) is 12.3. The van der Waals surface area contributed by atoms with Crippen LogP contribution >= 0.6 is 23.2 Å². The summed E-state index contributed by atoms with van der Waals surface area (Å²) >= 11 is 12.1. The van der Waals surface area contributed by atoms with Crippen molar-refractivity contribution in [1.29, 1.82) is 0 Å². The number of allylic oxidation sites excluding steroid dienone is 4. The Bertz CT molecular complexity index is 765. The van der Waals surface area contributed by atoms with Crippen molar-refractivity contribution in [2.75, 3.05) is 7.11 Å². The lowest BCUT2D eigenvalue weighted by molar-refractivity contribution is -0.176. The fourth-order valence-corrected chi connectivity index (χ4v) is 4.90. The van der Waals surface area contributed by atoms with Crippen LogP contribution in [0.2, 0.25) is 0 Å². The minimum atomic E-state index is -1.31. The van der Waals surface area contributed by atoms with E-state index in [2.05, 4.69) is 25.2 Å². The molecule has 2 N–H and O–H groups in total. The maximum Gasteiger partial charge on any atom is 0.244 e. The van der Waals surface area contributed by atoms with Gasteiger partial charge in [0.1, 0.15) is 17.1 Å². The standard InChI is InChI=1S/C24H35Cl2NO5/c1-5-6-7-8-9-15(2)12-16(3)10-11-19(28)27-18-14-24(32-23(18)31-4)13-17(25)21(29)20(26)22(24)30/h10-13,15,18,20,22-23,30H,5-9,14H2,1-4H3,(H,27,28)/b11-10+,16-12+/t15?,18-,20-,22+,23?,24-/m0/s1. The SMILES string of the molecule is CCCCCCC(C)/C=C(C)/C=C/C(=O)N[C@H]1C[C@]2(C=C(Cl)C(=O)[C@H](Cl)[C@H]2O)OC1OC. The molecule has 0 radical (unpaired) electrons. The van der Waals surface area contributed by atoms with Crippen molar-refractivity contribution in [3.05, 3.63) is 34.9 Å². The maximum atomic E-state index is 12.5. The summed E-state index contributed by atoms with van der Waals surface area (Å²) in [6.45, 7) is 6.36. The molecule has 32 heavy (non-hydrogen) atoms. The largest absolute Gasteiger partial charge is 0.388 e. The molecule has 1 aliphatic carbocycles. The van der Waals surface area contributed by atoms with Crippen molar-refractivity contribution in [3.8, 4) is 0 Å². The van der Waals surface area contributed by atoms with Gasteiger partial charge >= 0.3 is 0 Å². The van der Waals surface area contributed by atoms with Gasteiger partial charge in [-0.2, -0.15) is 0 Å². The normalized spacial score (nSPS) is 31.9. The zero-order valence-electron chi connectivity index (χ0n) is 19.3. The molecular formula is C24H35Cl2NO5. The average molecular weight is 488 g/mol. The Morgan fingerprint density at radius 2 is 2.12 bits per heavy atom. The molecule has 1 aliphatic heterocycles. The number of nitrogens with one attached hydrogen (secondary N) is 1. The smallest absolute Gasteiger partial charge is 0.244 e. The van der Waals surface area contributed by atoms with E-state index >= 15 is 0 Å². The van der Waals surface area contributed by atoms with E-state index in [4.69, 9.17) is 32.7 Å². The fourth-order valence-electron chi connectivity index (χ4n) is 4.21. The van der Waals surface area contributed by atoms with Crippen molar-refractivity contribution in [3.63, 3.8) is 0 Å². The molecule has 6 nitrogen and oxygen atoms in total. The Morgan fingerprint density at radius 3 is 2.78 bits per heavy atom. The van der Waals surface area contributed by atoms with E-state index in [1.165, 1.54) is 44.9 Å². The van der Waals surface area contributed by atoms with E-state index in [9.17, 15) is 14.7 Å². The molecule has 1 spiro atoms. The summed E-state index contributed by atoms with van der Waals surface area (Å²) in [6.07, 6.45) is 10.9. The number of alkyl halides is 1. The van der Waals surface area contributed by atoms with Gasteiger partial charge in [0.15, 0.2) is 12.1 Å². The number of rotatable bonds is 10. The van der Waals surface area contributed by atoms with Crippen LogP contribution in [-0.4, -0.2) is 53.3 Å². The number of hydrogen-bond acceptors (Lipinski definition) is 5. The monoisotopic (exact) mass is 487 g/mol. The zero-order chi connectivity index (χ0) is 23.9. The number of ether oxygens (including phenoxy) is 2. The zero-order valence-corrected chi connectivity index (χ0v) is 20.8. The van der Waals surface area contributed by atoms with Crippen molar-refractivity contribution < 1.29 is 24.2 Å². The first-order chi connectivity index (χ1) is 15.1. The van der Waals surface area contributed by atoms with Crippen LogP contribution < -0.4 is 5.32 Å². The van der Waals surface area contributed by atoms with Gasteiger partial charge in [-0.3, -0.25) is 9.59 Å². The summed E-state index contributed by atoms with van der Waals surface area (Å²) in [5, 5.41) is 12.1. The van der Waals surface area contributed by atoms with Crippen LogP contribution in [0.3, 0.4) is 0 Å². The fraction of sp³-hybridized carbons (Fsp3) is 0.667. The molecule has 0 saturated carbocycles. The number of aliphatic hydroxyl groups is 1. The molecule has 1 fully saturated rings. The third kappa shape index (κ3) is 6.91. The predicted octanol–water partition coefficient (Wildman–Crippen LogP) is 4.39. The van der Waals surface area contributed by atoms with E-state index in [0.717, 1.165) is 12.0 Å². The van der Waals surface area contributed by atoms with Crippen molar-refractivity contribution in [1.82, 2.24) is 5.32 Å². The lowest BCUT2D eigenvalue weighted by Crippen LogP contribution is -2.52. The van der Waals surface area contributed by atoms with Crippen LogP contribution in [0, 0.1) is 5.92 Å². The van der Waals surface area contributed by atoms with E-state index in [-0.39, 0.29) is 17.4 Å².